The Labute approximate surface area is 97.6 Å². The highest BCUT2D eigenvalue weighted by Crippen LogP contribution is 2.25. The molecule has 0 bridgehead atoms. The summed E-state index contributed by atoms with van der Waals surface area (Å²) in [5.41, 5.74) is 11.9. The van der Waals surface area contributed by atoms with Crippen molar-refractivity contribution in [3.63, 3.8) is 0 Å². The Morgan fingerprint density at radius 3 is 2.53 bits per heavy atom. The Hall–Kier alpha value is -2.22. The fourth-order valence-electron chi connectivity index (χ4n) is 1.42. The predicted molar refractivity (Wildman–Crippen MR) is 61.6 cm³/mol. The van der Waals surface area contributed by atoms with E-state index in [4.69, 9.17) is 16.2 Å². The quantitative estimate of drug-likeness (QED) is 0.741. The molecule has 0 saturated heterocycles. The van der Waals surface area contributed by atoms with Crippen molar-refractivity contribution in [2.75, 3.05) is 18.6 Å². The molecule has 0 aliphatic rings. The van der Waals surface area contributed by atoms with E-state index in [2.05, 4.69) is 20.1 Å². The first-order chi connectivity index (χ1) is 8.13. The molecule has 8 nitrogen and oxygen atoms in total. The van der Waals surface area contributed by atoms with Gasteiger partial charge in [-0.1, -0.05) is 0 Å². The molecule has 0 unspecified atom stereocenters. The van der Waals surface area contributed by atoms with Crippen LogP contribution in [0.3, 0.4) is 0 Å². The average Bonchev–Trinajstić information content (AvgIpc) is 2.60. The van der Waals surface area contributed by atoms with Crippen LogP contribution in [0.1, 0.15) is 5.82 Å². The Kier molecular flexibility index (Phi) is 2.88. The molecular weight excluding hydrogens is 222 g/mol. The van der Waals surface area contributed by atoms with E-state index < -0.39 is 0 Å². The number of aryl methyl sites for hydroxylation is 1. The molecule has 0 aromatic carbocycles. The van der Waals surface area contributed by atoms with E-state index in [1.165, 1.54) is 6.33 Å². The maximum atomic E-state index is 5.74. The molecule has 17 heavy (non-hydrogen) atoms. The molecule has 90 valence electrons. The number of hydrogen-bond donors (Lipinski definition) is 2. The zero-order chi connectivity index (χ0) is 12.4. The minimum absolute atomic E-state index is 0.257. The summed E-state index contributed by atoms with van der Waals surface area (Å²) in [6, 6.07) is 0. The van der Waals surface area contributed by atoms with Crippen molar-refractivity contribution in [1.82, 2.24) is 24.7 Å². The van der Waals surface area contributed by atoms with Gasteiger partial charge in [0.05, 0.1) is 0 Å². The Morgan fingerprint density at radius 1 is 1.29 bits per heavy atom. The molecule has 2 aromatic heterocycles. The molecule has 0 spiro atoms. The number of aromatic nitrogens is 5. The molecule has 4 N–H and O–H groups in total. The van der Waals surface area contributed by atoms with Gasteiger partial charge in [0, 0.05) is 14.2 Å². The van der Waals surface area contributed by atoms with Crippen LogP contribution < -0.4 is 11.5 Å². The largest absolute Gasteiger partial charge is 0.383 e. The molecule has 0 aliphatic heterocycles. The van der Waals surface area contributed by atoms with Crippen LogP contribution in [0.4, 0.5) is 11.6 Å². The smallest absolute Gasteiger partial charge is 0.188 e. The van der Waals surface area contributed by atoms with Gasteiger partial charge >= 0.3 is 0 Å². The SMILES string of the molecule is COCc1nc(-c2c(N)ncnc2N)nn1C. The van der Waals surface area contributed by atoms with Crippen molar-refractivity contribution >= 4 is 11.6 Å². The second-order valence-corrected chi connectivity index (χ2v) is 3.43. The predicted octanol–water partition coefficient (Wildman–Crippen LogP) is -0.417. The minimum atomic E-state index is 0.257. The molecule has 0 fully saturated rings. The summed E-state index contributed by atoms with van der Waals surface area (Å²) in [5, 5.41) is 4.21. The maximum Gasteiger partial charge on any atom is 0.188 e. The van der Waals surface area contributed by atoms with Crippen LogP contribution in [0.15, 0.2) is 6.33 Å². The van der Waals surface area contributed by atoms with Crippen molar-refractivity contribution < 1.29 is 4.74 Å². The van der Waals surface area contributed by atoms with Gasteiger partial charge in [-0.2, -0.15) is 5.10 Å². The van der Waals surface area contributed by atoms with Crippen molar-refractivity contribution in [2.24, 2.45) is 7.05 Å². The monoisotopic (exact) mass is 235 g/mol. The Balaban J connectivity index is 2.50. The summed E-state index contributed by atoms with van der Waals surface area (Å²) in [6.45, 7) is 0.358. The molecule has 0 radical (unpaired) electrons. The van der Waals surface area contributed by atoms with Gasteiger partial charge in [-0.25, -0.2) is 15.0 Å². The molecule has 2 aromatic rings. The van der Waals surface area contributed by atoms with Crippen molar-refractivity contribution in [2.45, 2.75) is 6.61 Å². The van der Waals surface area contributed by atoms with Crippen LogP contribution >= 0.6 is 0 Å². The number of ether oxygens (including phenoxy) is 1. The first-order valence-electron chi connectivity index (χ1n) is 4.88. The van der Waals surface area contributed by atoms with Crippen LogP contribution in [0, 0.1) is 0 Å². The summed E-state index contributed by atoms with van der Waals surface area (Å²) in [5.74, 6) is 1.58. The lowest BCUT2D eigenvalue weighted by Gasteiger charge is -2.01. The maximum absolute atomic E-state index is 5.74. The summed E-state index contributed by atoms with van der Waals surface area (Å²) in [4.78, 5) is 12.0. The highest BCUT2D eigenvalue weighted by atomic mass is 16.5. The van der Waals surface area contributed by atoms with Crippen LogP contribution in [-0.4, -0.2) is 31.8 Å². The summed E-state index contributed by atoms with van der Waals surface area (Å²) in [7, 11) is 3.35. The third-order valence-corrected chi connectivity index (χ3v) is 2.26. The third kappa shape index (κ3) is 2.02. The van der Waals surface area contributed by atoms with Gasteiger partial charge < -0.3 is 16.2 Å². The van der Waals surface area contributed by atoms with Gasteiger partial charge in [0.15, 0.2) is 11.6 Å². The normalized spacial score (nSPS) is 10.7. The number of nitrogen functional groups attached to an aromatic ring is 2. The molecular formula is C9H13N7O. The second-order valence-electron chi connectivity index (χ2n) is 3.43. The van der Waals surface area contributed by atoms with Gasteiger partial charge in [0.1, 0.15) is 30.1 Å². The van der Waals surface area contributed by atoms with E-state index in [1.54, 1.807) is 18.8 Å². The van der Waals surface area contributed by atoms with Crippen LogP contribution in [0.25, 0.3) is 11.4 Å². The average molecular weight is 235 g/mol. The molecule has 0 amide bonds. The van der Waals surface area contributed by atoms with Crippen molar-refractivity contribution in [3.05, 3.63) is 12.2 Å². The summed E-state index contributed by atoms with van der Waals surface area (Å²) < 4.78 is 6.60. The first-order valence-corrected chi connectivity index (χ1v) is 4.88. The van der Waals surface area contributed by atoms with Crippen LogP contribution in [0.5, 0.6) is 0 Å². The van der Waals surface area contributed by atoms with Gasteiger partial charge in [-0.15, -0.1) is 0 Å². The van der Waals surface area contributed by atoms with E-state index in [1.807, 2.05) is 0 Å². The fraction of sp³-hybridized carbons (Fsp3) is 0.333. The standard InChI is InChI=1S/C9H13N7O/c1-16-5(3-17-2)14-9(15-16)6-7(10)12-4-13-8(6)11/h4H,3H2,1-2H3,(H4,10,11,12,13). The minimum Gasteiger partial charge on any atom is -0.383 e. The number of nitrogens with two attached hydrogens (primary N) is 2. The molecule has 0 saturated carbocycles. The number of hydrogen-bond acceptors (Lipinski definition) is 7. The second kappa shape index (κ2) is 4.34. The van der Waals surface area contributed by atoms with Gasteiger partial charge in [0.2, 0.25) is 0 Å². The molecule has 8 heteroatoms. The molecule has 0 atom stereocenters. The number of methoxy groups -OCH3 is 1. The summed E-state index contributed by atoms with van der Waals surface area (Å²) in [6.07, 6.45) is 1.30. The van der Waals surface area contributed by atoms with Crippen molar-refractivity contribution in [3.8, 4) is 11.4 Å². The lowest BCUT2D eigenvalue weighted by molar-refractivity contribution is 0.174. The van der Waals surface area contributed by atoms with E-state index in [-0.39, 0.29) is 11.6 Å². The lowest BCUT2D eigenvalue weighted by atomic mass is 10.2. The third-order valence-electron chi connectivity index (χ3n) is 2.26. The summed E-state index contributed by atoms with van der Waals surface area (Å²) >= 11 is 0. The van der Waals surface area contributed by atoms with E-state index >= 15 is 0 Å². The molecule has 0 aliphatic carbocycles. The fourth-order valence-corrected chi connectivity index (χ4v) is 1.42. The number of nitrogens with zero attached hydrogens (tertiary/aromatic N) is 5. The van der Waals surface area contributed by atoms with Crippen molar-refractivity contribution in [1.29, 1.82) is 0 Å². The van der Waals surface area contributed by atoms with Gasteiger partial charge in [-0.3, -0.25) is 4.68 Å². The van der Waals surface area contributed by atoms with Gasteiger partial charge in [0.25, 0.3) is 0 Å². The van der Waals surface area contributed by atoms with E-state index in [0.29, 0.717) is 23.8 Å². The zero-order valence-electron chi connectivity index (χ0n) is 9.58. The Bertz CT molecular complexity index is 516. The lowest BCUT2D eigenvalue weighted by Crippen LogP contribution is -2.02. The Morgan fingerprint density at radius 2 is 1.94 bits per heavy atom. The van der Waals surface area contributed by atoms with Gasteiger partial charge in [-0.05, 0) is 0 Å². The molecule has 2 heterocycles. The van der Waals surface area contributed by atoms with Crippen LogP contribution in [0.2, 0.25) is 0 Å². The highest BCUT2D eigenvalue weighted by molar-refractivity contribution is 5.77. The van der Waals surface area contributed by atoms with E-state index in [0.717, 1.165) is 0 Å². The van der Waals surface area contributed by atoms with E-state index in [9.17, 15) is 0 Å². The zero-order valence-corrected chi connectivity index (χ0v) is 9.58. The molecule has 2 rings (SSSR count). The first kappa shape index (κ1) is 11.3. The number of anilines is 2. The van der Waals surface area contributed by atoms with Crippen LogP contribution in [-0.2, 0) is 18.4 Å². The topological polar surface area (TPSA) is 118 Å². The number of rotatable bonds is 3. The highest BCUT2D eigenvalue weighted by Gasteiger charge is 2.16.